The summed E-state index contributed by atoms with van der Waals surface area (Å²) in [4.78, 5) is 30.3. The summed E-state index contributed by atoms with van der Waals surface area (Å²) in [6.07, 6.45) is 0.423. The number of carbonyl (C=O) groups is 2. The minimum Gasteiger partial charge on any atom is -0.493 e. The number of nitrogens with zero attached hydrogens (tertiary/aromatic N) is 2. The zero-order valence-corrected chi connectivity index (χ0v) is 19.2. The Balaban J connectivity index is 1.71. The van der Waals surface area contributed by atoms with Gasteiger partial charge in [0.25, 0.3) is 5.91 Å². The number of hydrogen-bond donors (Lipinski definition) is 0. The van der Waals surface area contributed by atoms with E-state index in [-0.39, 0.29) is 11.8 Å². The van der Waals surface area contributed by atoms with E-state index in [1.165, 1.54) is 14.2 Å². The van der Waals surface area contributed by atoms with E-state index in [1.54, 1.807) is 35.0 Å². The molecule has 4 rings (SSSR count). The molecule has 3 aromatic rings. The minimum atomic E-state index is -0.614. The van der Waals surface area contributed by atoms with Gasteiger partial charge in [0.1, 0.15) is 6.04 Å². The van der Waals surface area contributed by atoms with Crippen molar-refractivity contribution in [1.29, 1.82) is 0 Å². The summed E-state index contributed by atoms with van der Waals surface area (Å²) in [7, 11) is 4.83. The van der Waals surface area contributed by atoms with Gasteiger partial charge in [0.05, 0.1) is 19.8 Å². The van der Waals surface area contributed by atoms with Crippen molar-refractivity contribution in [2.75, 3.05) is 34.4 Å². The molecule has 6 heteroatoms. The third-order valence-corrected chi connectivity index (χ3v) is 6.12. The van der Waals surface area contributed by atoms with Gasteiger partial charge < -0.3 is 19.3 Å². The van der Waals surface area contributed by atoms with Crippen LogP contribution in [0, 0.1) is 0 Å². The van der Waals surface area contributed by atoms with Gasteiger partial charge in [-0.25, -0.2) is 0 Å². The first-order valence-electron chi connectivity index (χ1n) is 11.0. The first kappa shape index (κ1) is 22.4. The molecule has 1 unspecified atom stereocenters. The van der Waals surface area contributed by atoms with Gasteiger partial charge >= 0.3 is 0 Å². The number of amides is 2. The number of carbonyl (C=O) groups excluding carboxylic acids is 2. The van der Waals surface area contributed by atoms with Crippen LogP contribution < -0.4 is 9.47 Å². The van der Waals surface area contributed by atoms with Gasteiger partial charge in [-0.3, -0.25) is 9.59 Å². The summed E-state index contributed by atoms with van der Waals surface area (Å²) < 4.78 is 10.9. The zero-order chi connectivity index (χ0) is 23.4. The largest absolute Gasteiger partial charge is 0.493 e. The summed E-state index contributed by atoms with van der Waals surface area (Å²) in [6, 6.07) is 22.7. The molecule has 0 bridgehead atoms. The Bertz CT molecular complexity index is 1150. The fourth-order valence-electron chi connectivity index (χ4n) is 4.37. The van der Waals surface area contributed by atoms with Crippen LogP contribution in [0.3, 0.4) is 0 Å². The first-order valence-corrected chi connectivity index (χ1v) is 11.0. The smallest absolute Gasteiger partial charge is 0.258 e. The highest BCUT2D eigenvalue weighted by Gasteiger charge is 2.37. The second-order valence-corrected chi connectivity index (χ2v) is 8.04. The Labute approximate surface area is 194 Å². The van der Waals surface area contributed by atoms with Crippen LogP contribution in [0.1, 0.15) is 15.9 Å². The molecule has 1 aliphatic rings. The Hall–Kier alpha value is -3.80. The molecule has 0 saturated carbocycles. The predicted molar refractivity (Wildman–Crippen MR) is 128 cm³/mol. The van der Waals surface area contributed by atoms with E-state index in [0.29, 0.717) is 36.6 Å². The second-order valence-electron chi connectivity index (χ2n) is 8.04. The molecule has 33 heavy (non-hydrogen) atoms. The SMILES string of the molecule is COc1cccc(C(=O)N2CCN(C)C(=O)C2Cc2ccccc2-c2ccccc2)c1OC. The Morgan fingerprint density at radius 3 is 2.36 bits per heavy atom. The maximum absolute atomic E-state index is 13.7. The third-order valence-electron chi connectivity index (χ3n) is 6.12. The van der Waals surface area contributed by atoms with Gasteiger partial charge in [-0.05, 0) is 28.8 Å². The molecular weight excluding hydrogens is 416 g/mol. The van der Waals surface area contributed by atoms with Crippen molar-refractivity contribution in [3.05, 3.63) is 83.9 Å². The van der Waals surface area contributed by atoms with Gasteiger partial charge in [0, 0.05) is 26.6 Å². The lowest BCUT2D eigenvalue weighted by Crippen LogP contribution is -2.58. The average Bonchev–Trinajstić information content (AvgIpc) is 2.86. The van der Waals surface area contributed by atoms with Gasteiger partial charge in [-0.1, -0.05) is 60.7 Å². The summed E-state index contributed by atoms with van der Waals surface area (Å²) >= 11 is 0. The van der Waals surface area contributed by atoms with Crippen LogP contribution >= 0.6 is 0 Å². The van der Waals surface area contributed by atoms with E-state index >= 15 is 0 Å². The van der Waals surface area contributed by atoms with Crippen molar-refractivity contribution < 1.29 is 19.1 Å². The molecule has 170 valence electrons. The fraction of sp³-hybridized carbons (Fsp3) is 0.259. The monoisotopic (exact) mass is 444 g/mol. The normalized spacial score (nSPS) is 16.0. The molecule has 0 aliphatic carbocycles. The predicted octanol–water partition coefficient (Wildman–Crippen LogP) is 3.90. The highest BCUT2D eigenvalue weighted by Crippen LogP contribution is 2.33. The van der Waals surface area contributed by atoms with Crippen molar-refractivity contribution in [2.45, 2.75) is 12.5 Å². The average molecular weight is 445 g/mol. The molecule has 0 spiro atoms. The van der Waals surface area contributed by atoms with Crippen LogP contribution in [0.25, 0.3) is 11.1 Å². The van der Waals surface area contributed by atoms with Crippen molar-refractivity contribution in [3.63, 3.8) is 0 Å². The number of benzene rings is 3. The van der Waals surface area contributed by atoms with Gasteiger partial charge in [0.2, 0.25) is 5.91 Å². The zero-order valence-electron chi connectivity index (χ0n) is 19.2. The molecule has 3 aromatic carbocycles. The van der Waals surface area contributed by atoms with Gasteiger partial charge in [0.15, 0.2) is 11.5 Å². The van der Waals surface area contributed by atoms with Crippen LogP contribution in [0.5, 0.6) is 11.5 Å². The van der Waals surface area contributed by atoms with Crippen molar-refractivity contribution in [2.24, 2.45) is 0 Å². The van der Waals surface area contributed by atoms with Crippen molar-refractivity contribution in [1.82, 2.24) is 9.80 Å². The Morgan fingerprint density at radius 2 is 1.64 bits per heavy atom. The first-order chi connectivity index (χ1) is 16.0. The molecule has 2 amide bonds. The molecule has 0 radical (unpaired) electrons. The maximum Gasteiger partial charge on any atom is 0.258 e. The minimum absolute atomic E-state index is 0.0701. The molecule has 1 heterocycles. The highest BCUT2D eigenvalue weighted by atomic mass is 16.5. The Kier molecular flexibility index (Phi) is 6.63. The summed E-state index contributed by atoms with van der Waals surface area (Å²) in [5, 5.41) is 0. The number of methoxy groups -OCH3 is 2. The lowest BCUT2D eigenvalue weighted by Gasteiger charge is -2.39. The van der Waals surface area contributed by atoms with Crippen LogP contribution in [0.15, 0.2) is 72.8 Å². The second kappa shape index (κ2) is 9.77. The van der Waals surface area contributed by atoms with Gasteiger partial charge in [-0.2, -0.15) is 0 Å². The van der Waals surface area contributed by atoms with Crippen molar-refractivity contribution >= 4 is 11.8 Å². The molecule has 1 atom stereocenters. The number of rotatable bonds is 6. The van der Waals surface area contributed by atoms with Crippen LogP contribution in [-0.4, -0.2) is 62.0 Å². The molecule has 1 saturated heterocycles. The molecule has 0 N–H and O–H groups in total. The number of ether oxygens (including phenoxy) is 2. The summed E-state index contributed by atoms with van der Waals surface area (Å²) in [6.45, 7) is 0.924. The van der Waals surface area contributed by atoms with E-state index in [0.717, 1.165) is 16.7 Å². The number of likely N-dealkylation sites (N-methyl/N-ethyl adjacent to an activating group) is 1. The molecular formula is C27H28N2O4. The summed E-state index contributed by atoms with van der Waals surface area (Å²) in [5.74, 6) is 0.545. The van der Waals surface area contributed by atoms with Crippen LogP contribution in [0.4, 0.5) is 0 Å². The van der Waals surface area contributed by atoms with Crippen LogP contribution in [0.2, 0.25) is 0 Å². The van der Waals surface area contributed by atoms with Crippen LogP contribution in [-0.2, 0) is 11.2 Å². The number of para-hydroxylation sites is 1. The van der Waals surface area contributed by atoms with Gasteiger partial charge in [-0.15, -0.1) is 0 Å². The number of piperazine rings is 1. The third kappa shape index (κ3) is 4.42. The van der Waals surface area contributed by atoms with E-state index in [1.807, 2.05) is 36.4 Å². The molecule has 0 aromatic heterocycles. The standard InChI is InChI=1S/C27H28N2O4/c1-28-16-17-29(26(30)22-14-9-15-24(32-2)25(22)33-3)23(27(28)31)18-20-12-7-8-13-21(20)19-10-5-4-6-11-19/h4-15,23H,16-18H2,1-3H3. The number of hydrogen-bond acceptors (Lipinski definition) is 4. The lowest BCUT2D eigenvalue weighted by atomic mass is 9.93. The van der Waals surface area contributed by atoms with E-state index < -0.39 is 6.04 Å². The topological polar surface area (TPSA) is 59.1 Å². The maximum atomic E-state index is 13.7. The van der Waals surface area contributed by atoms with E-state index in [9.17, 15) is 9.59 Å². The van der Waals surface area contributed by atoms with Crippen molar-refractivity contribution in [3.8, 4) is 22.6 Å². The Morgan fingerprint density at radius 1 is 0.909 bits per heavy atom. The molecule has 1 fully saturated rings. The molecule has 6 nitrogen and oxygen atoms in total. The summed E-state index contributed by atoms with van der Waals surface area (Å²) in [5.41, 5.74) is 3.55. The van der Waals surface area contributed by atoms with E-state index in [2.05, 4.69) is 18.2 Å². The van der Waals surface area contributed by atoms with E-state index in [4.69, 9.17) is 9.47 Å². The fourth-order valence-corrected chi connectivity index (χ4v) is 4.37. The molecule has 1 aliphatic heterocycles. The lowest BCUT2D eigenvalue weighted by molar-refractivity contribution is -0.138. The highest BCUT2D eigenvalue weighted by molar-refractivity contribution is 6.01. The quantitative estimate of drug-likeness (QED) is 0.579.